The molecular weight excluding hydrogens is 242 g/mol. The fraction of sp³-hybridized carbons (Fsp3) is 0.385. The molecule has 0 bridgehead atoms. The number of nitrogens with zero attached hydrogens (tertiary/aromatic N) is 2. The molecule has 19 heavy (non-hydrogen) atoms. The van der Waals surface area contributed by atoms with Crippen LogP contribution in [-0.4, -0.2) is 21.6 Å². The molecule has 4 N–H and O–H groups in total. The largest absolute Gasteiger partial charge is 0.476 e. The average molecular weight is 261 g/mol. The Morgan fingerprint density at radius 3 is 3.00 bits per heavy atom. The van der Waals surface area contributed by atoms with Gasteiger partial charge < -0.3 is 20.8 Å². The van der Waals surface area contributed by atoms with Gasteiger partial charge >= 0.3 is 0 Å². The Balaban J connectivity index is 2.08. The Hall–Kier alpha value is -2.24. The van der Waals surface area contributed by atoms with Gasteiger partial charge in [0.2, 0.25) is 5.88 Å². The van der Waals surface area contributed by atoms with E-state index in [-0.39, 0.29) is 6.04 Å². The first-order chi connectivity index (χ1) is 9.20. The number of aromatic amines is 1. The van der Waals surface area contributed by atoms with E-state index in [2.05, 4.69) is 20.3 Å². The SMILES string of the molecule is CCCOc1nc(NC(C)c2ncc[nH]2)ccc1N. The molecule has 2 aromatic rings. The number of rotatable bonds is 6. The summed E-state index contributed by atoms with van der Waals surface area (Å²) in [5, 5.41) is 3.25. The summed E-state index contributed by atoms with van der Waals surface area (Å²) in [4.78, 5) is 11.6. The van der Waals surface area contributed by atoms with Crippen LogP contribution < -0.4 is 15.8 Å². The average Bonchev–Trinajstić information content (AvgIpc) is 2.93. The molecule has 0 fully saturated rings. The zero-order valence-corrected chi connectivity index (χ0v) is 11.2. The zero-order valence-electron chi connectivity index (χ0n) is 11.2. The Bertz CT molecular complexity index is 512. The fourth-order valence-corrected chi connectivity index (χ4v) is 1.65. The Labute approximate surface area is 112 Å². The molecular formula is C13H19N5O. The molecule has 0 aliphatic carbocycles. The lowest BCUT2D eigenvalue weighted by atomic mass is 10.3. The number of H-pyrrole nitrogens is 1. The van der Waals surface area contributed by atoms with Crippen molar-refractivity contribution in [3.63, 3.8) is 0 Å². The molecule has 0 aliphatic rings. The normalized spacial score (nSPS) is 12.1. The number of nitrogens with one attached hydrogen (secondary N) is 2. The molecule has 1 atom stereocenters. The smallest absolute Gasteiger partial charge is 0.239 e. The first-order valence-electron chi connectivity index (χ1n) is 6.35. The van der Waals surface area contributed by atoms with Crippen molar-refractivity contribution in [3.05, 3.63) is 30.4 Å². The second kappa shape index (κ2) is 6.08. The highest BCUT2D eigenvalue weighted by Crippen LogP contribution is 2.23. The predicted molar refractivity (Wildman–Crippen MR) is 75.1 cm³/mol. The minimum Gasteiger partial charge on any atom is -0.476 e. The number of nitrogens with two attached hydrogens (primary N) is 1. The number of ether oxygens (including phenoxy) is 1. The molecule has 0 spiro atoms. The summed E-state index contributed by atoms with van der Waals surface area (Å²) < 4.78 is 5.50. The van der Waals surface area contributed by atoms with E-state index in [0.717, 1.165) is 12.2 Å². The highest BCUT2D eigenvalue weighted by Gasteiger charge is 2.10. The molecule has 6 heteroatoms. The summed E-state index contributed by atoms with van der Waals surface area (Å²) in [5.74, 6) is 2.04. The topological polar surface area (TPSA) is 88.8 Å². The molecule has 0 aromatic carbocycles. The molecule has 2 rings (SSSR count). The van der Waals surface area contributed by atoms with Gasteiger partial charge in [-0.1, -0.05) is 6.92 Å². The summed E-state index contributed by atoms with van der Waals surface area (Å²) >= 11 is 0. The van der Waals surface area contributed by atoms with Crippen molar-refractivity contribution in [2.24, 2.45) is 0 Å². The van der Waals surface area contributed by atoms with E-state index in [1.807, 2.05) is 19.9 Å². The van der Waals surface area contributed by atoms with Crippen molar-refractivity contribution in [2.75, 3.05) is 17.7 Å². The maximum Gasteiger partial charge on any atom is 0.239 e. The molecule has 0 saturated heterocycles. The van der Waals surface area contributed by atoms with Gasteiger partial charge in [-0.2, -0.15) is 4.98 Å². The lowest BCUT2D eigenvalue weighted by Crippen LogP contribution is -2.10. The van der Waals surface area contributed by atoms with Gasteiger partial charge in [0.25, 0.3) is 0 Å². The summed E-state index contributed by atoms with van der Waals surface area (Å²) in [6.07, 6.45) is 4.43. The van der Waals surface area contributed by atoms with Crippen LogP contribution in [0.5, 0.6) is 5.88 Å². The third-order valence-corrected chi connectivity index (χ3v) is 2.63. The molecule has 2 heterocycles. The maximum absolute atomic E-state index is 5.82. The minimum atomic E-state index is 0.0325. The van der Waals surface area contributed by atoms with Gasteiger partial charge in [-0.25, -0.2) is 4.98 Å². The van der Waals surface area contributed by atoms with E-state index in [4.69, 9.17) is 10.5 Å². The lowest BCUT2D eigenvalue weighted by Gasteiger charge is -2.14. The first-order valence-corrected chi connectivity index (χ1v) is 6.35. The van der Waals surface area contributed by atoms with E-state index in [1.165, 1.54) is 0 Å². The lowest BCUT2D eigenvalue weighted by molar-refractivity contribution is 0.307. The van der Waals surface area contributed by atoms with Crippen LogP contribution in [0.25, 0.3) is 0 Å². The monoisotopic (exact) mass is 261 g/mol. The summed E-state index contributed by atoms with van der Waals surface area (Å²) in [6, 6.07) is 3.65. The number of anilines is 2. The molecule has 102 valence electrons. The molecule has 0 radical (unpaired) electrons. The van der Waals surface area contributed by atoms with Gasteiger partial charge in [-0.3, -0.25) is 0 Å². The van der Waals surface area contributed by atoms with Crippen LogP contribution in [0.15, 0.2) is 24.5 Å². The van der Waals surface area contributed by atoms with Gasteiger partial charge in [0.1, 0.15) is 11.6 Å². The number of nitrogen functional groups attached to an aromatic ring is 1. The highest BCUT2D eigenvalue weighted by atomic mass is 16.5. The van der Waals surface area contributed by atoms with Crippen molar-refractivity contribution in [3.8, 4) is 5.88 Å². The van der Waals surface area contributed by atoms with Crippen LogP contribution >= 0.6 is 0 Å². The third kappa shape index (κ3) is 3.37. The van der Waals surface area contributed by atoms with Crippen molar-refractivity contribution < 1.29 is 4.74 Å². The van der Waals surface area contributed by atoms with E-state index in [1.54, 1.807) is 18.5 Å². The van der Waals surface area contributed by atoms with Crippen molar-refractivity contribution in [2.45, 2.75) is 26.3 Å². The van der Waals surface area contributed by atoms with Crippen LogP contribution in [0.4, 0.5) is 11.5 Å². The minimum absolute atomic E-state index is 0.0325. The van der Waals surface area contributed by atoms with Gasteiger partial charge in [-0.15, -0.1) is 0 Å². The van der Waals surface area contributed by atoms with Gasteiger partial charge in [-0.05, 0) is 25.5 Å². The van der Waals surface area contributed by atoms with Gasteiger partial charge in [0, 0.05) is 12.4 Å². The zero-order chi connectivity index (χ0) is 13.7. The molecule has 0 amide bonds. The predicted octanol–water partition coefficient (Wildman–Crippen LogP) is 2.35. The summed E-state index contributed by atoms with van der Waals surface area (Å²) in [7, 11) is 0. The fourth-order valence-electron chi connectivity index (χ4n) is 1.65. The number of hydrogen-bond donors (Lipinski definition) is 3. The quantitative estimate of drug-likeness (QED) is 0.742. The number of imidazole rings is 1. The van der Waals surface area contributed by atoms with E-state index in [0.29, 0.717) is 24.0 Å². The van der Waals surface area contributed by atoms with Crippen LogP contribution in [0, 0.1) is 0 Å². The molecule has 0 saturated carbocycles. The Morgan fingerprint density at radius 2 is 2.32 bits per heavy atom. The number of hydrogen-bond acceptors (Lipinski definition) is 5. The van der Waals surface area contributed by atoms with E-state index >= 15 is 0 Å². The van der Waals surface area contributed by atoms with Crippen LogP contribution in [-0.2, 0) is 0 Å². The third-order valence-electron chi connectivity index (χ3n) is 2.63. The second-order valence-corrected chi connectivity index (χ2v) is 4.28. The maximum atomic E-state index is 5.82. The number of aromatic nitrogens is 3. The van der Waals surface area contributed by atoms with Crippen molar-refractivity contribution >= 4 is 11.5 Å². The number of pyridine rings is 1. The Morgan fingerprint density at radius 1 is 1.47 bits per heavy atom. The van der Waals surface area contributed by atoms with Crippen LogP contribution in [0.2, 0.25) is 0 Å². The van der Waals surface area contributed by atoms with E-state index in [9.17, 15) is 0 Å². The Kier molecular flexibility index (Phi) is 4.22. The van der Waals surface area contributed by atoms with Crippen molar-refractivity contribution in [1.82, 2.24) is 15.0 Å². The summed E-state index contributed by atoms with van der Waals surface area (Å²) in [6.45, 7) is 4.65. The molecule has 0 aliphatic heterocycles. The summed E-state index contributed by atoms with van der Waals surface area (Å²) in [5.41, 5.74) is 6.37. The first kappa shape index (κ1) is 13.2. The molecule has 2 aromatic heterocycles. The van der Waals surface area contributed by atoms with Crippen LogP contribution in [0.3, 0.4) is 0 Å². The van der Waals surface area contributed by atoms with Gasteiger partial charge in [0.05, 0.1) is 18.3 Å². The second-order valence-electron chi connectivity index (χ2n) is 4.28. The molecule has 1 unspecified atom stereocenters. The van der Waals surface area contributed by atoms with Crippen molar-refractivity contribution in [1.29, 1.82) is 0 Å². The molecule has 6 nitrogen and oxygen atoms in total. The highest BCUT2D eigenvalue weighted by molar-refractivity contribution is 5.53. The van der Waals surface area contributed by atoms with Crippen LogP contribution in [0.1, 0.15) is 32.1 Å². The standard InChI is InChI=1S/C13H19N5O/c1-3-8-19-13-10(14)4-5-11(18-13)17-9(2)12-15-6-7-16-12/h4-7,9H,3,8,14H2,1-2H3,(H,15,16)(H,17,18). The van der Waals surface area contributed by atoms with Gasteiger partial charge in [0.15, 0.2) is 0 Å². The van der Waals surface area contributed by atoms with E-state index < -0.39 is 0 Å².